The van der Waals surface area contributed by atoms with Gasteiger partial charge in [-0.3, -0.25) is 0 Å². The van der Waals surface area contributed by atoms with E-state index < -0.39 is 10.0 Å². The summed E-state index contributed by atoms with van der Waals surface area (Å²) in [4.78, 5) is 3.65. The molecule has 0 aliphatic rings. The number of primary sulfonamides is 1. The number of nitrogens with one attached hydrogen (secondary N) is 1. The van der Waals surface area contributed by atoms with Crippen LogP contribution < -0.4 is 9.88 Å². The van der Waals surface area contributed by atoms with Gasteiger partial charge in [0.15, 0.2) is 0 Å². The molecule has 100 valence electrons. The van der Waals surface area contributed by atoms with Crippen LogP contribution in [0, 0.1) is 11.3 Å². The van der Waals surface area contributed by atoms with E-state index in [1.807, 2.05) is 6.92 Å². The third-order valence-electron chi connectivity index (χ3n) is 2.14. The maximum atomic E-state index is 11.1. The van der Waals surface area contributed by atoms with Crippen molar-refractivity contribution in [3.05, 3.63) is 17.3 Å². The summed E-state index contributed by atoms with van der Waals surface area (Å²) in [6.07, 6.45) is 2.98. The minimum atomic E-state index is -3.81. The normalized spacial score (nSPS) is 13.1. The molecular formula is C10H14ClN3O3S. The predicted octanol–water partition coefficient (Wildman–Crippen LogP) is 1.44. The number of hydrogen-bond donors (Lipinski definition) is 2. The number of nitrogens with zero attached hydrogens (tertiary/aromatic N) is 1. The zero-order valence-electron chi connectivity index (χ0n) is 9.76. The molecule has 18 heavy (non-hydrogen) atoms. The van der Waals surface area contributed by atoms with E-state index in [2.05, 4.69) is 4.98 Å². The van der Waals surface area contributed by atoms with E-state index >= 15 is 0 Å². The minimum Gasteiger partial charge on any atom is -0.476 e. The Balaban J connectivity index is 2.78. The van der Waals surface area contributed by atoms with Crippen LogP contribution in [0.5, 0.6) is 5.88 Å². The molecule has 1 rings (SSSR count). The van der Waals surface area contributed by atoms with Crippen LogP contribution in [0.2, 0.25) is 5.02 Å². The van der Waals surface area contributed by atoms with Crippen molar-refractivity contribution in [3.63, 3.8) is 0 Å². The molecule has 0 radical (unpaired) electrons. The van der Waals surface area contributed by atoms with Gasteiger partial charge in [0.05, 0.1) is 12.8 Å². The van der Waals surface area contributed by atoms with Crippen molar-refractivity contribution in [2.75, 3.05) is 6.61 Å². The van der Waals surface area contributed by atoms with Crippen molar-refractivity contribution in [2.45, 2.75) is 18.2 Å². The molecule has 6 nitrogen and oxygen atoms in total. The second-order valence-corrected chi connectivity index (χ2v) is 5.83. The molecule has 0 aliphatic carbocycles. The van der Waals surface area contributed by atoms with Crippen molar-refractivity contribution < 1.29 is 13.2 Å². The summed E-state index contributed by atoms with van der Waals surface area (Å²) >= 11 is 5.84. The summed E-state index contributed by atoms with van der Waals surface area (Å²) in [5.41, 5.74) is 0. The van der Waals surface area contributed by atoms with Gasteiger partial charge < -0.3 is 10.1 Å². The number of hydrogen-bond acceptors (Lipinski definition) is 5. The first kappa shape index (κ1) is 14.9. The monoisotopic (exact) mass is 291 g/mol. The fraction of sp³-hybridized carbons (Fsp3) is 0.400. The molecule has 0 fully saturated rings. The van der Waals surface area contributed by atoms with Gasteiger partial charge in [-0.05, 0) is 24.6 Å². The van der Waals surface area contributed by atoms with Crippen LogP contribution >= 0.6 is 11.6 Å². The fourth-order valence-corrected chi connectivity index (χ4v) is 1.93. The van der Waals surface area contributed by atoms with Crippen molar-refractivity contribution in [2.24, 2.45) is 11.1 Å². The molecule has 0 saturated carbocycles. The topological polar surface area (TPSA) is 106 Å². The number of sulfonamides is 1. The third kappa shape index (κ3) is 4.25. The second-order valence-electron chi connectivity index (χ2n) is 3.86. The van der Waals surface area contributed by atoms with Gasteiger partial charge in [0.1, 0.15) is 9.92 Å². The summed E-state index contributed by atoms with van der Waals surface area (Å²) in [5.74, 6) is 0.305. The van der Waals surface area contributed by atoms with Gasteiger partial charge in [-0.1, -0.05) is 18.5 Å². The third-order valence-corrected chi connectivity index (χ3v) is 3.29. The number of halogens is 1. The highest BCUT2D eigenvalue weighted by Crippen LogP contribution is 2.24. The lowest BCUT2D eigenvalue weighted by Gasteiger charge is -2.11. The van der Waals surface area contributed by atoms with Crippen LogP contribution in [0.15, 0.2) is 17.2 Å². The summed E-state index contributed by atoms with van der Waals surface area (Å²) in [7, 11) is -3.81. The van der Waals surface area contributed by atoms with Gasteiger partial charge in [-0.2, -0.15) is 0 Å². The lowest BCUT2D eigenvalue weighted by molar-refractivity contribution is 0.255. The van der Waals surface area contributed by atoms with Gasteiger partial charge in [0.25, 0.3) is 0 Å². The van der Waals surface area contributed by atoms with E-state index in [1.165, 1.54) is 12.3 Å². The summed E-state index contributed by atoms with van der Waals surface area (Å²) in [6, 6.07) is 1.19. The number of nitrogens with two attached hydrogens (primary N) is 1. The van der Waals surface area contributed by atoms with Gasteiger partial charge in [0.2, 0.25) is 15.9 Å². The highest BCUT2D eigenvalue weighted by molar-refractivity contribution is 7.89. The maximum absolute atomic E-state index is 11.1. The van der Waals surface area contributed by atoms with Crippen LogP contribution in [0.3, 0.4) is 0 Å². The van der Waals surface area contributed by atoms with Crippen LogP contribution in [-0.4, -0.2) is 26.2 Å². The van der Waals surface area contributed by atoms with Crippen LogP contribution in [-0.2, 0) is 10.0 Å². The molecule has 1 aromatic rings. The van der Waals surface area contributed by atoms with Crippen LogP contribution in [0.25, 0.3) is 0 Å². The number of rotatable bonds is 6. The Morgan fingerprint density at radius 1 is 1.67 bits per heavy atom. The smallest absolute Gasteiger partial charge is 0.239 e. The highest BCUT2D eigenvalue weighted by Gasteiger charge is 2.13. The van der Waals surface area contributed by atoms with Crippen molar-refractivity contribution >= 4 is 27.8 Å². The molecule has 1 atom stereocenters. The highest BCUT2D eigenvalue weighted by atomic mass is 35.5. The Labute approximate surface area is 111 Å². The molecule has 8 heteroatoms. The first-order valence-electron chi connectivity index (χ1n) is 5.14. The SMILES string of the molecule is C[C@H](CC=N)COc1ncc(S(N)(=O)=O)cc1Cl. The maximum Gasteiger partial charge on any atom is 0.239 e. The number of aromatic nitrogens is 1. The summed E-state index contributed by atoms with van der Waals surface area (Å²) in [5, 5.41) is 12.0. The molecule has 1 aromatic heterocycles. The number of ether oxygens (including phenoxy) is 1. The van der Waals surface area contributed by atoms with Gasteiger partial charge >= 0.3 is 0 Å². The molecule has 0 bridgehead atoms. The lowest BCUT2D eigenvalue weighted by Crippen LogP contribution is -2.13. The first-order valence-corrected chi connectivity index (χ1v) is 7.07. The molecule has 3 N–H and O–H groups in total. The van der Waals surface area contributed by atoms with Crippen LogP contribution in [0.4, 0.5) is 0 Å². The van der Waals surface area contributed by atoms with Crippen LogP contribution in [0.1, 0.15) is 13.3 Å². The van der Waals surface area contributed by atoms with E-state index in [0.29, 0.717) is 13.0 Å². The van der Waals surface area contributed by atoms with Crippen molar-refractivity contribution in [1.82, 2.24) is 4.98 Å². The molecule has 0 saturated heterocycles. The zero-order valence-corrected chi connectivity index (χ0v) is 11.3. The van der Waals surface area contributed by atoms with Gasteiger partial charge in [-0.15, -0.1) is 0 Å². The largest absolute Gasteiger partial charge is 0.476 e. The van der Waals surface area contributed by atoms with Gasteiger partial charge in [0, 0.05) is 0 Å². The molecule has 0 amide bonds. The Morgan fingerprint density at radius 3 is 2.83 bits per heavy atom. The molecule has 0 unspecified atom stereocenters. The van der Waals surface area contributed by atoms with E-state index in [4.69, 9.17) is 26.9 Å². The molecular weight excluding hydrogens is 278 g/mol. The van der Waals surface area contributed by atoms with E-state index in [9.17, 15) is 8.42 Å². The second kappa shape index (κ2) is 6.12. The van der Waals surface area contributed by atoms with Crippen molar-refractivity contribution in [1.29, 1.82) is 5.41 Å². The molecule has 0 aliphatic heterocycles. The zero-order chi connectivity index (χ0) is 13.8. The Kier molecular flexibility index (Phi) is 5.06. The predicted molar refractivity (Wildman–Crippen MR) is 68.7 cm³/mol. The van der Waals surface area contributed by atoms with E-state index in [0.717, 1.165) is 6.20 Å². The average molecular weight is 292 g/mol. The Hall–Kier alpha value is -1.18. The lowest BCUT2D eigenvalue weighted by atomic mass is 10.1. The molecule has 0 aromatic carbocycles. The van der Waals surface area contributed by atoms with Gasteiger partial charge in [-0.25, -0.2) is 18.5 Å². The van der Waals surface area contributed by atoms with Crippen molar-refractivity contribution in [3.8, 4) is 5.88 Å². The average Bonchev–Trinajstić information content (AvgIpc) is 2.26. The summed E-state index contributed by atoms with van der Waals surface area (Å²) in [6.45, 7) is 2.26. The Bertz CT molecular complexity index is 533. The van der Waals surface area contributed by atoms with E-state index in [-0.39, 0.29) is 21.7 Å². The molecule has 0 spiro atoms. The fourth-order valence-electron chi connectivity index (χ4n) is 1.16. The Morgan fingerprint density at radius 2 is 2.33 bits per heavy atom. The minimum absolute atomic E-state index is 0.0866. The quantitative estimate of drug-likeness (QED) is 0.773. The standard InChI is InChI=1S/C10H14ClN3O3S/c1-7(2-3-12)6-17-10-9(11)4-8(5-14-10)18(13,15)16/h3-5,7,12H,2,6H2,1H3,(H2,13,15,16)/t7-/m1/s1. The number of pyridine rings is 1. The summed E-state index contributed by atoms with van der Waals surface area (Å²) < 4.78 is 27.5. The molecule has 1 heterocycles. The van der Waals surface area contributed by atoms with E-state index in [1.54, 1.807) is 0 Å². The first-order chi connectivity index (χ1) is 8.34.